The number of carbonyl (C=O) groups excluding carboxylic acids is 1. The number of benzene rings is 1. The summed E-state index contributed by atoms with van der Waals surface area (Å²) in [6, 6.07) is 9.11. The molecule has 0 saturated carbocycles. The van der Waals surface area contributed by atoms with E-state index in [1.165, 1.54) is 0 Å². The number of ether oxygens (including phenoxy) is 1. The maximum Gasteiger partial charge on any atom is 0.312 e. The molecule has 1 aliphatic rings. The Kier molecular flexibility index (Phi) is 3.35. The Morgan fingerprint density at radius 3 is 2.60 bits per heavy atom. The number of esters is 1. The first-order chi connectivity index (χ1) is 11.9. The van der Waals surface area contributed by atoms with E-state index in [4.69, 9.17) is 4.74 Å². The molecule has 0 saturated heterocycles. The zero-order valence-corrected chi connectivity index (χ0v) is 13.8. The number of H-pyrrole nitrogens is 2. The van der Waals surface area contributed by atoms with Gasteiger partial charge in [-0.05, 0) is 36.9 Å². The molecule has 1 atom stereocenters. The molecule has 0 amide bonds. The van der Waals surface area contributed by atoms with E-state index < -0.39 is 11.9 Å². The molecule has 0 bridgehead atoms. The van der Waals surface area contributed by atoms with Gasteiger partial charge in [0.2, 0.25) is 0 Å². The minimum absolute atomic E-state index is 0.0421. The summed E-state index contributed by atoms with van der Waals surface area (Å²) >= 11 is 0. The van der Waals surface area contributed by atoms with Crippen LogP contribution in [0.5, 0.6) is 5.75 Å². The minimum Gasteiger partial charge on any atom is -0.426 e. The zero-order valence-electron chi connectivity index (χ0n) is 13.8. The number of fused-ring (bicyclic) bond motifs is 2. The highest BCUT2D eigenvalue weighted by Gasteiger charge is 2.33. The summed E-state index contributed by atoms with van der Waals surface area (Å²) in [6.07, 6.45) is -0.0421. The second-order valence-electron chi connectivity index (χ2n) is 6.43. The van der Waals surface area contributed by atoms with Crippen molar-refractivity contribution >= 4 is 16.9 Å². The van der Waals surface area contributed by atoms with Crippen molar-refractivity contribution in [3.05, 3.63) is 73.4 Å². The standard InChI is InChI=1S/C19H16N2O4/c1-9-3-4-11-7-13(18(23)21-14(11)5-9)12-8-16(22)25-15-6-10(2)20-19(24)17(12)15/h3-7,12H,8H2,1-2H3,(H,20,24)(H,21,23)/t12-/m0/s1. The molecule has 0 unspecified atom stereocenters. The molecule has 6 heteroatoms. The van der Waals surface area contributed by atoms with Gasteiger partial charge in [-0.25, -0.2) is 0 Å². The van der Waals surface area contributed by atoms with Gasteiger partial charge in [0.15, 0.2) is 0 Å². The summed E-state index contributed by atoms with van der Waals surface area (Å²) in [5.41, 5.74) is 2.44. The Labute approximate surface area is 142 Å². The van der Waals surface area contributed by atoms with E-state index in [-0.39, 0.29) is 23.3 Å². The van der Waals surface area contributed by atoms with Gasteiger partial charge in [0, 0.05) is 28.8 Å². The van der Waals surface area contributed by atoms with Crippen molar-refractivity contribution in [2.45, 2.75) is 26.2 Å². The van der Waals surface area contributed by atoms with Crippen molar-refractivity contribution in [3.63, 3.8) is 0 Å². The first-order valence-electron chi connectivity index (χ1n) is 8.00. The second-order valence-corrected chi connectivity index (χ2v) is 6.43. The predicted octanol–water partition coefficient (Wildman–Crippen LogP) is 2.27. The predicted molar refractivity (Wildman–Crippen MR) is 93.2 cm³/mol. The zero-order chi connectivity index (χ0) is 17.7. The minimum atomic E-state index is -0.630. The molecular formula is C19H16N2O4. The van der Waals surface area contributed by atoms with Gasteiger partial charge in [-0.2, -0.15) is 0 Å². The molecule has 0 fully saturated rings. The highest BCUT2D eigenvalue weighted by atomic mass is 16.5. The van der Waals surface area contributed by atoms with Gasteiger partial charge >= 0.3 is 5.97 Å². The molecule has 3 heterocycles. The number of hydrogen-bond acceptors (Lipinski definition) is 4. The molecule has 2 N–H and O–H groups in total. The average molecular weight is 336 g/mol. The molecule has 4 rings (SSSR count). The fourth-order valence-corrected chi connectivity index (χ4v) is 3.37. The Morgan fingerprint density at radius 1 is 1.00 bits per heavy atom. The molecule has 3 aromatic rings. The third-order valence-electron chi connectivity index (χ3n) is 4.52. The Bertz CT molecular complexity index is 1140. The monoisotopic (exact) mass is 336 g/mol. The average Bonchev–Trinajstić information content (AvgIpc) is 2.52. The van der Waals surface area contributed by atoms with Crippen LogP contribution < -0.4 is 15.9 Å². The second kappa shape index (κ2) is 5.44. The van der Waals surface area contributed by atoms with Crippen molar-refractivity contribution in [2.75, 3.05) is 0 Å². The number of rotatable bonds is 1. The smallest absolute Gasteiger partial charge is 0.312 e. The van der Waals surface area contributed by atoms with E-state index in [9.17, 15) is 14.4 Å². The molecular weight excluding hydrogens is 320 g/mol. The van der Waals surface area contributed by atoms with Crippen molar-refractivity contribution in [1.29, 1.82) is 0 Å². The van der Waals surface area contributed by atoms with Crippen molar-refractivity contribution in [1.82, 2.24) is 9.97 Å². The molecule has 6 nitrogen and oxygen atoms in total. The van der Waals surface area contributed by atoms with E-state index in [1.807, 2.05) is 25.1 Å². The number of nitrogens with one attached hydrogen (secondary N) is 2. The molecule has 1 aromatic carbocycles. The topological polar surface area (TPSA) is 92.0 Å². The van der Waals surface area contributed by atoms with Gasteiger partial charge < -0.3 is 14.7 Å². The number of aromatic amines is 2. The summed E-state index contributed by atoms with van der Waals surface area (Å²) in [5, 5.41) is 0.851. The van der Waals surface area contributed by atoms with Crippen molar-refractivity contribution in [2.24, 2.45) is 0 Å². The third-order valence-corrected chi connectivity index (χ3v) is 4.52. The fraction of sp³-hybridized carbons (Fsp3) is 0.211. The number of hydrogen-bond donors (Lipinski definition) is 2. The SMILES string of the molecule is Cc1ccc2cc([C@@H]3CC(=O)Oc4cc(C)[nH]c(=O)c43)c(=O)[nH]c2c1. The lowest BCUT2D eigenvalue weighted by molar-refractivity contribution is -0.135. The van der Waals surface area contributed by atoms with Gasteiger partial charge in [-0.1, -0.05) is 12.1 Å². The van der Waals surface area contributed by atoms with Crippen LogP contribution in [0, 0.1) is 13.8 Å². The molecule has 0 aliphatic carbocycles. The first-order valence-corrected chi connectivity index (χ1v) is 8.00. The number of aromatic nitrogens is 2. The van der Waals surface area contributed by atoms with Gasteiger partial charge in [-0.3, -0.25) is 14.4 Å². The molecule has 0 spiro atoms. The largest absolute Gasteiger partial charge is 0.426 e. The molecule has 126 valence electrons. The van der Waals surface area contributed by atoms with Gasteiger partial charge in [-0.15, -0.1) is 0 Å². The maximum atomic E-state index is 12.6. The van der Waals surface area contributed by atoms with Crippen molar-refractivity contribution in [3.8, 4) is 5.75 Å². The summed E-state index contributed by atoms with van der Waals surface area (Å²) < 4.78 is 5.22. The van der Waals surface area contributed by atoms with Crippen LogP contribution in [-0.2, 0) is 4.79 Å². The van der Waals surface area contributed by atoms with Crippen LogP contribution in [0.1, 0.15) is 34.7 Å². The summed E-state index contributed by atoms with van der Waals surface area (Å²) in [6.45, 7) is 3.66. The van der Waals surface area contributed by atoms with Crippen LogP contribution in [0.3, 0.4) is 0 Å². The van der Waals surface area contributed by atoms with E-state index in [0.717, 1.165) is 16.5 Å². The lowest BCUT2D eigenvalue weighted by atomic mass is 9.87. The Balaban J connectivity index is 1.97. The maximum absolute atomic E-state index is 12.6. The van der Waals surface area contributed by atoms with E-state index in [2.05, 4.69) is 9.97 Å². The molecule has 2 aromatic heterocycles. The fourth-order valence-electron chi connectivity index (χ4n) is 3.37. The van der Waals surface area contributed by atoms with Crippen LogP contribution in [0.15, 0.2) is 39.9 Å². The molecule has 1 aliphatic heterocycles. The normalized spacial score (nSPS) is 16.6. The van der Waals surface area contributed by atoms with Crippen molar-refractivity contribution < 1.29 is 9.53 Å². The van der Waals surface area contributed by atoms with Crippen LogP contribution in [0.2, 0.25) is 0 Å². The number of aryl methyl sites for hydroxylation is 2. The van der Waals surface area contributed by atoms with E-state index in [0.29, 0.717) is 16.8 Å². The highest BCUT2D eigenvalue weighted by Crippen LogP contribution is 2.35. The van der Waals surface area contributed by atoms with E-state index in [1.54, 1.807) is 19.1 Å². The van der Waals surface area contributed by atoms with Gasteiger partial charge in [0.25, 0.3) is 11.1 Å². The summed E-state index contributed by atoms with van der Waals surface area (Å²) in [5.74, 6) is -0.855. The van der Waals surface area contributed by atoms with Crippen LogP contribution in [0.25, 0.3) is 10.9 Å². The number of carbonyl (C=O) groups is 1. The lowest BCUT2D eigenvalue weighted by Crippen LogP contribution is -2.31. The Morgan fingerprint density at radius 2 is 1.80 bits per heavy atom. The first kappa shape index (κ1) is 15.4. The summed E-state index contributed by atoms with van der Waals surface area (Å²) in [7, 11) is 0. The third kappa shape index (κ3) is 2.55. The lowest BCUT2D eigenvalue weighted by Gasteiger charge is -2.23. The summed E-state index contributed by atoms with van der Waals surface area (Å²) in [4.78, 5) is 42.6. The van der Waals surface area contributed by atoms with Crippen LogP contribution >= 0.6 is 0 Å². The Hall–Kier alpha value is -3.15. The van der Waals surface area contributed by atoms with Gasteiger partial charge in [0.05, 0.1) is 12.0 Å². The van der Waals surface area contributed by atoms with Gasteiger partial charge in [0.1, 0.15) is 5.75 Å². The quantitative estimate of drug-likeness (QED) is 0.667. The molecule has 0 radical (unpaired) electrons. The van der Waals surface area contributed by atoms with Crippen LogP contribution in [0.4, 0.5) is 0 Å². The van der Waals surface area contributed by atoms with Crippen LogP contribution in [-0.4, -0.2) is 15.9 Å². The number of pyridine rings is 2. The van der Waals surface area contributed by atoms with E-state index >= 15 is 0 Å². The highest BCUT2D eigenvalue weighted by molar-refractivity contribution is 5.81. The molecule has 25 heavy (non-hydrogen) atoms.